The van der Waals surface area contributed by atoms with Gasteiger partial charge in [-0.3, -0.25) is 0 Å². The molecule has 0 unspecified atom stereocenters. The van der Waals surface area contributed by atoms with Crippen LogP contribution in [-0.4, -0.2) is 4.75 Å². The van der Waals surface area contributed by atoms with Crippen molar-refractivity contribution in [3.05, 3.63) is 29.6 Å². The molecule has 0 fully saturated rings. The smallest absolute Gasteiger partial charge is 0.127 e. The number of rotatable bonds is 0. The van der Waals surface area contributed by atoms with Crippen LogP contribution in [0, 0.1) is 5.82 Å². The van der Waals surface area contributed by atoms with Crippen molar-refractivity contribution in [1.82, 2.24) is 0 Å². The van der Waals surface area contributed by atoms with Crippen LogP contribution in [-0.2, 0) is 6.42 Å². The Bertz CT molecular complexity index is 318. The van der Waals surface area contributed by atoms with Gasteiger partial charge < -0.3 is 0 Å². The first-order valence-electron chi connectivity index (χ1n) is 4.05. The monoisotopic (exact) mass is 182 g/mol. The van der Waals surface area contributed by atoms with Crippen molar-refractivity contribution >= 4 is 11.8 Å². The molecule has 0 radical (unpaired) electrons. The van der Waals surface area contributed by atoms with Crippen LogP contribution < -0.4 is 0 Å². The van der Waals surface area contributed by atoms with E-state index in [4.69, 9.17) is 0 Å². The van der Waals surface area contributed by atoms with Gasteiger partial charge in [0.2, 0.25) is 0 Å². The highest BCUT2D eigenvalue weighted by Crippen LogP contribution is 2.45. The lowest BCUT2D eigenvalue weighted by atomic mass is 10.0. The largest absolute Gasteiger partial charge is 0.207 e. The number of fused-ring (bicyclic) bond motifs is 1. The first-order chi connectivity index (χ1) is 5.58. The molecule has 2 rings (SSSR count). The van der Waals surface area contributed by atoms with Crippen LogP contribution in [0.5, 0.6) is 0 Å². The molecule has 1 aromatic carbocycles. The van der Waals surface area contributed by atoms with Crippen LogP contribution in [0.4, 0.5) is 4.39 Å². The second-order valence-corrected chi connectivity index (χ2v) is 5.50. The fraction of sp³-hybridized carbons (Fsp3) is 0.400. The number of thioether (sulfide) groups is 1. The molecule has 0 bridgehead atoms. The Morgan fingerprint density at radius 1 is 1.42 bits per heavy atom. The number of hydrogen-bond acceptors (Lipinski definition) is 1. The average Bonchev–Trinajstić information content (AvgIpc) is 2.25. The van der Waals surface area contributed by atoms with Gasteiger partial charge >= 0.3 is 0 Å². The Hall–Kier alpha value is -0.500. The van der Waals surface area contributed by atoms with Crippen LogP contribution in [0.15, 0.2) is 23.1 Å². The Morgan fingerprint density at radius 3 is 2.83 bits per heavy atom. The van der Waals surface area contributed by atoms with E-state index < -0.39 is 0 Å². The van der Waals surface area contributed by atoms with E-state index >= 15 is 0 Å². The lowest BCUT2D eigenvalue weighted by molar-refractivity contribution is 0.592. The molecule has 0 amide bonds. The van der Waals surface area contributed by atoms with Gasteiger partial charge in [-0.15, -0.1) is 11.8 Å². The first kappa shape index (κ1) is 8.11. The summed E-state index contributed by atoms with van der Waals surface area (Å²) in [4.78, 5) is 1.11. The summed E-state index contributed by atoms with van der Waals surface area (Å²) in [5.41, 5.74) is 0.896. The van der Waals surface area contributed by atoms with Crippen LogP contribution >= 0.6 is 11.8 Å². The van der Waals surface area contributed by atoms with Gasteiger partial charge in [0.15, 0.2) is 0 Å². The Balaban J connectivity index is 2.48. The Labute approximate surface area is 76.2 Å². The van der Waals surface area contributed by atoms with Gasteiger partial charge in [-0.05, 0) is 18.6 Å². The molecule has 0 nitrogen and oxygen atoms in total. The minimum atomic E-state index is -0.0504. The normalized spacial score (nSPS) is 19.2. The van der Waals surface area contributed by atoms with Gasteiger partial charge in [-0.25, -0.2) is 4.39 Å². The van der Waals surface area contributed by atoms with Crippen LogP contribution in [0.1, 0.15) is 19.4 Å². The van der Waals surface area contributed by atoms with Crippen molar-refractivity contribution in [3.8, 4) is 0 Å². The number of halogens is 1. The molecule has 1 aromatic rings. The molecule has 64 valence electrons. The third-order valence-corrected chi connectivity index (χ3v) is 3.36. The zero-order valence-corrected chi connectivity index (χ0v) is 8.04. The Kier molecular flexibility index (Phi) is 1.69. The molecule has 12 heavy (non-hydrogen) atoms. The van der Waals surface area contributed by atoms with Crippen molar-refractivity contribution < 1.29 is 4.39 Å². The van der Waals surface area contributed by atoms with Gasteiger partial charge in [-0.1, -0.05) is 19.9 Å². The number of benzene rings is 1. The minimum Gasteiger partial charge on any atom is -0.207 e. The molecule has 0 saturated heterocycles. The lowest BCUT2D eigenvalue weighted by Gasteiger charge is -2.13. The van der Waals surface area contributed by atoms with Crippen LogP contribution in [0.2, 0.25) is 0 Å². The van der Waals surface area contributed by atoms with Crippen molar-refractivity contribution in [3.63, 3.8) is 0 Å². The highest BCUT2D eigenvalue weighted by atomic mass is 32.2. The maximum Gasteiger partial charge on any atom is 0.127 e. The lowest BCUT2D eigenvalue weighted by Crippen LogP contribution is -2.12. The van der Waals surface area contributed by atoms with E-state index in [9.17, 15) is 4.39 Å². The van der Waals surface area contributed by atoms with E-state index in [1.165, 1.54) is 0 Å². The van der Waals surface area contributed by atoms with E-state index in [2.05, 4.69) is 13.8 Å². The summed E-state index contributed by atoms with van der Waals surface area (Å²) in [5, 5.41) is 0. The van der Waals surface area contributed by atoms with Gasteiger partial charge in [0.25, 0.3) is 0 Å². The fourth-order valence-electron chi connectivity index (χ4n) is 1.57. The van der Waals surface area contributed by atoms with E-state index in [-0.39, 0.29) is 10.6 Å². The topological polar surface area (TPSA) is 0 Å². The van der Waals surface area contributed by atoms with E-state index in [1.54, 1.807) is 23.9 Å². The highest BCUT2D eigenvalue weighted by molar-refractivity contribution is 8.01. The molecule has 2 heteroatoms. The summed E-state index contributed by atoms with van der Waals surface area (Å²) in [6.45, 7) is 4.30. The zero-order chi connectivity index (χ0) is 8.77. The molecule has 1 aliphatic heterocycles. The summed E-state index contributed by atoms with van der Waals surface area (Å²) in [6.07, 6.45) is 0.847. The Morgan fingerprint density at radius 2 is 2.17 bits per heavy atom. The molecule has 0 aromatic heterocycles. The van der Waals surface area contributed by atoms with E-state index in [0.29, 0.717) is 0 Å². The molecule has 0 saturated carbocycles. The molecule has 1 aliphatic rings. The van der Waals surface area contributed by atoms with Gasteiger partial charge in [0.1, 0.15) is 5.82 Å². The maximum atomic E-state index is 13.2. The van der Waals surface area contributed by atoms with Crippen LogP contribution in [0.25, 0.3) is 0 Å². The summed E-state index contributed by atoms with van der Waals surface area (Å²) >= 11 is 1.77. The quantitative estimate of drug-likeness (QED) is 0.593. The van der Waals surface area contributed by atoms with Crippen LogP contribution in [0.3, 0.4) is 0 Å². The molecule has 0 N–H and O–H groups in total. The van der Waals surface area contributed by atoms with Gasteiger partial charge in [-0.2, -0.15) is 0 Å². The van der Waals surface area contributed by atoms with E-state index in [1.807, 2.05) is 6.07 Å². The summed E-state index contributed by atoms with van der Waals surface area (Å²) in [6, 6.07) is 5.32. The molecule has 0 aliphatic carbocycles. The highest BCUT2D eigenvalue weighted by Gasteiger charge is 2.30. The standard InChI is InChI=1S/C10H11FS/c1-10(2)6-7-8(11)4-3-5-9(7)12-10/h3-5H,6H2,1-2H3. The summed E-state index contributed by atoms with van der Waals surface area (Å²) < 4.78 is 13.4. The molecule has 0 spiro atoms. The van der Waals surface area contributed by atoms with Gasteiger partial charge in [0, 0.05) is 15.2 Å². The molecular formula is C10H11FS. The zero-order valence-electron chi connectivity index (χ0n) is 7.23. The third kappa shape index (κ3) is 1.24. The van der Waals surface area contributed by atoms with E-state index in [0.717, 1.165) is 16.9 Å². The first-order valence-corrected chi connectivity index (χ1v) is 4.86. The second kappa shape index (κ2) is 2.49. The summed E-state index contributed by atoms with van der Waals surface area (Å²) in [5.74, 6) is -0.0504. The van der Waals surface area contributed by atoms with Crippen molar-refractivity contribution in [1.29, 1.82) is 0 Å². The average molecular weight is 182 g/mol. The molecular weight excluding hydrogens is 171 g/mol. The SMILES string of the molecule is CC1(C)Cc2c(F)cccc2S1. The fourth-order valence-corrected chi connectivity index (χ4v) is 2.82. The van der Waals surface area contributed by atoms with Crippen molar-refractivity contribution in [2.45, 2.75) is 29.9 Å². The minimum absolute atomic E-state index is 0.0504. The molecule has 0 atom stereocenters. The summed E-state index contributed by atoms with van der Waals surface area (Å²) in [7, 11) is 0. The number of hydrogen-bond donors (Lipinski definition) is 0. The van der Waals surface area contributed by atoms with Gasteiger partial charge in [0.05, 0.1) is 0 Å². The third-order valence-electron chi connectivity index (χ3n) is 2.06. The second-order valence-electron chi connectivity index (χ2n) is 3.76. The predicted octanol–water partition coefficient (Wildman–Crippen LogP) is 3.25. The van der Waals surface area contributed by atoms with Crippen molar-refractivity contribution in [2.24, 2.45) is 0 Å². The maximum absolute atomic E-state index is 13.2. The predicted molar refractivity (Wildman–Crippen MR) is 50.0 cm³/mol. The van der Waals surface area contributed by atoms with Crippen molar-refractivity contribution in [2.75, 3.05) is 0 Å². The molecule has 1 heterocycles.